The van der Waals surface area contributed by atoms with E-state index >= 15 is 0 Å². The van der Waals surface area contributed by atoms with Gasteiger partial charge in [-0.1, -0.05) is 32.6 Å². The van der Waals surface area contributed by atoms with E-state index < -0.39 is 0 Å². The van der Waals surface area contributed by atoms with Gasteiger partial charge in [-0.15, -0.1) is 0 Å². The monoisotopic (exact) mass is 260 g/mol. The van der Waals surface area contributed by atoms with Crippen LogP contribution in [0, 0.1) is 41.4 Å². The van der Waals surface area contributed by atoms with E-state index in [9.17, 15) is 0 Å². The first-order valence-corrected chi connectivity index (χ1v) is 9.33. The zero-order valence-corrected chi connectivity index (χ0v) is 12.8. The average Bonchev–Trinajstić information content (AvgIpc) is 2.80. The molecule has 0 aromatic heterocycles. The summed E-state index contributed by atoms with van der Waals surface area (Å²) in [4.78, 5) is 0. The van der Waals surface area contributed by atoms with Gasteiger partial charge in [0.15, 0.2) is 0 Å². The van der Waals surface area contributed by atoms with E-state index in [-0.39, 0.29) is 0 Å². The molecule has 0 spiro atoms. The van der Waals surface area contributed by atoms with Crippen molar-refractivity contribution in [2.45, 2.75) is 77.6 Å². The number of hydrogen-bond acceptors (Lipinski definition) is 0. The molecule has 108 valence electrons. The summed E-state index contributed by atoms with van der Waals surface area (Å²) >= 11 is 0. The van der Waals surface area contributed by atoms with Crippen LogP contribution < -0.4 is 0 Å². The molecule has 4 rings (SSSR count). The molecule has 0 heteroatoms. The fourth-order valence-corrected chi connectivity index (χ4v) is 6.93. The molecule has 0 saturated heterocycles. The van der Waals surface area contributed by atoms with E-state index in [4.69, 9.17) is 0 Å². The highest BCUT2D eigenvalue weighted by molar-refractivity contribution is 4.98. The van der Waals surface area contributed by atoms with Crippen LogP contribution in [-0.2, 0) is 0 Å². The molecule has 0 aliphatic heterocycles. The summed E-state index contributed by atoms with van der Waals surface area (Å²) in [5, 5.41) is 0. The van der Waals surface area contributed by atoms with Gasteiger partial charge in [-0.3, -0.25) is 0 Å². The van der Waals surface area contributed by atoms with Crippen LogP contribution in [-0.4, -0.2) is 0 Å². The van der Waals surface area contributed by atoms with Crippen molar-refractivity contribution in [3.05, 3.63) is 0 Å². The minimum absolute atomic E-state index is 1.02. The third-order valence-corrected chi connectivity index (χ3v) is 7.65. The first kappa shape index (κ1) is 12.7. The van der Waals surface area contributed by atoms with Crippen molar-refractivity contribution in [3.63, 3.8) is 0 Å². The van der Waals surface area contributed by atoms with Gasteiger partial charge in [-0.2, -0.15) is 0 Å². The summed E-state index contributed by atoms with van der Waals surface area (Å²) in [6.45, 7) is 2.52. The van der Waals surface area contributed by atoms with Gasteiger partial charge in [0.2, 0.25) is 0 Å². The van der Waals surface area contributed by atoms with Crippen LogP contribution >= 0.6 is 0 Å². The SMILES string of the molecule is CC1CCCC2C(CCC3C4CCCC4CCC23)C1. The molecule has 0 nitrogen and oxygen atoms in total. The second kappa shape index (κ2) is 5.08. The summed E-state index contributed by atoms with van der Waals surface area (Å²) in [7, 11) is 0. The van der Waals surface area contributed by atoms with Crippen LogP contribution in [0.4, 0.5) is 0 Å². The van der Waals surface area contributed by atoms with Gasteiger partial charge in [0.1, 0.15) is 0 Å². The van der Waals surface area contributed by atoms with Crippen LogP contribution in [0.2, 0.25) is 0 Å². The summed E-state index contributed by atoms with van der Waals surface area (Å²) < 4.78 is 0. The minimum Gasteiger partial charge on any atom is -0.0625 e. The summed E-state index contributed by atoms with van der Waals surface area (Å²) in [6, 6.07) is 0. The van der Waals surface area contributed by atoms with E-state index in [0.717, 1.165) is 35.5 Å². The van der Waals surface area contributed by atoms with Crippen molar-refractivity contribution < 1.29 is 0 Å². The Hall–Kier alpha value is 0. The highest BCUT2D eigenvalue weighted by Gasteiger charge is 2.48. The van der Waals surface area contributed by atoms with Crippen LogP contribution in [0.5, 0.6) is 0 Å². The Morgan fingerprint density at radius 2 is 1.16 bits per heavy atom. The molecule has 4 saturated carbocycles. The molecule has 0 aromatic rings. The van der Waals surface area contributed by atoms with Crippen molar-refractivity contribution in [3.8, 4) is 0 Å². The first-order chi connectivity index (χ1) is 9.33. The Bertz CT molecular complexity index is 320. The number of fused-ring (bicyclic) bond motifs is 5. The summed E-state index contributed by atoms with van der Waals surface area (Å²) in [5.74, 6) is 7.93. The van der Waals surface area contributed by atoms with E-state index in [1.807, 2.05) is 0 Å². The molecule has 0 amide bonds. The van der Waals surface area contributed by atoms with Crippen LogP contribution in [0.15, 0.2) is 0 Å². The second-order valence-corrected chi connectivity index (χ2v) is 8.53. The van der Waals surface area contributed by atoms with E-state index in [0.29, 0.717) is 0 Å². The van der Waals surface area contributed by atoms with Gasteiger partial charge in [-0.25, -0.2) is 0 Å². The molecular formula is C19H32. The molecule has 7 unspecified atom stereocenters. The zero-order chi connectivity index (χ0) is 12.8. The topological polar surface area (TPSA) is 0 Å². The first-order valence-electron chi connectivity index (χ1n) is 9.33. The van der Waals surface area contributed by atoms with Gasteiger partial charge in [0.05, 0.1) is 0 Å². The smallest absolute Gasteiger partial charge is 0.0352 e. The van der Waals surface area contributed by atoms with Crippen molar-refractivity contribution in [1.82, 2.24) is 0 Å². The Morgan fingerprint density at radius 1 is 0.526 bits per heavy atom. The van der Waals surface area contributed by atoms with Crippen LogP contribution in [0.1, 0.15) is 77.6 Å². The van der Waals surface area contributed by atoms with Gasteiger partial charge in [0, 0.05) is 0 Å². The summed E-state index contributed by atoms with van der Waals surface area (Å²) in [5.41, 5.74) is 0. The molecule has 19 heavy (non-hydrogen) atoms. The maximum atomic E-state index is 2.52. The molecule has 0 heterocycles. The third kappa shape index (κ3) is 2.18. The maximum Gasteiger partial charge on any atom is -0.0352 e. The van der Waals surface area contributed by atoms with Gasteiger partial charge in [0.25, 0.3) is 0 Å². The molecule has 4 fully saturated rings. The largest absolute Gasteiger partial charge is 0.0625 e. The lowest BCUT2D eigenvalue weighted by atomic mass is 9.55. The number of hydrogen-bond donors (Lipinski definition) is 0. The van der Waals surface area contributed by atoms with E-state index in [1.54, 1.807) is 64.2 Å². The fraction of sp³-hybridized carbons (Fsp3) is 1.00. The predicted octanol–water partition coefficient (Wildman–Crippen LogP) is 5.67. The molecule has 0 aromatic carbocycles. The minimum atomic E-state index is 1.02. The average molecular weight is 260 g/mol. The van der Waals surface area contributed by atoms with Crippen molar-refractivity contribution in [1.29, 1.82) is 0 Å². The lowest BCUT2D eigenvalue weighted by molar-refractivity contribution is -0.00568. The molecule has 0 bridgehead atoms. The Kier molecular flexibility index (Phi) is 3.40. The zero-order valence-electron chi connectivity index (χ0n) is 12.8. The van der Waals surface area contributed by atoms with E-state index in [2.05, 4.69) is 6.92 Å². The third-order valence-electron chi connectivity index (χ3n) is 7.65. The normalized spacial score (nSPS) is 53.8. The van der Waals surface area contributed by atoms with Crippen LogP contribution in [0.3, 0.4) is 0 Å². The maximum absolute atomic E-state index is 2.52. The van der Waals surface area contributed by atoms with Crippen molar-refractivity contribution >= 4 is 0 Å². The quantitative estimate of drug-likeness (QED) is 0.527. The predicted molar refractivity (Wildman–Crippen MR) is 80.9 cm³/mol. The van der Waals surface area contributed by atoms with Crippen molar-refractivity contribution in [2.24, 2.45) is 41.4 Å². The molecule has 0 N–H and O–H groups in total. The molecule has 4 aliphatic carbocycles. The Morgan fingerprint density at radius 3 is 1.95 bits per heavy atom. The van der Waals surface area contributed by atoms with Gasteiger partial charge >= 0.3 is 0 Å². The van der Waals surface area contributed by atoms with E-state index in [1.165, 1.54) is 12.3 Å². The Balaban J connectivity index is 1.54. The van der Waals surface area contributed by atoms with Gasteiger partial charge in [-0.05, 0) is 86.4 Å². The number of rotatable bonds is 0. The molecule has 4 aliphatic rings. The highest BCUT2D eigenvalue weighted by Crippen LogP contribution is 2.57. The van der Waals surface area contributed by atoms with Crippen LogP contribution in [0.25, 0.3) is 0 Å². The lowest BCUT2D eigenvalue weighted by Gasteiger charge is -2.50. The molecule has 0 radical (unpaired) electrons. The second-order valence-electron chi connectivity index (χ2n) is 8.53. The summed E-state index contributed by atoms with van der Waals surface area (Å²) in [6.07, 6.45) is 17.4. The highest BCUT2D eigenvalue weighted by atomic mass is 14.5. The molecular weight excluding hydrogens is 228 g/mol. The fourth-order valence-electron chi connectivity index (χ4n) is 6.93. The lowest BCUT2D eigenvalue weighted by Crippen LogP contribution is -2.42. The Labute approximate surface area is 119 Å². The van der Waals surface area contributed by atoms with Crippen molar-refractivity contribution in [2.75, 3.05) is 0 Å². The molecule has 7 atom stereocenters. The standard InChI is InChI=1S/C19H32/c1-13-4-2-6-17-15(12-13)9-11-18-16-7-3-5-14(16)8-10-19(17)18/h13-19H,2-12H2,1H3. The van der Waals surface area contributed by atoms with Gasteiger partial charge < -0.3 is 0 Å².